The lowest BCUT2D eigenvalue weighted by Gasteiger charge is -2.26. The Bertz CT molecular complexity index is 973. The number of carbonyl (C=O) groups excluding carboxylic acids is 1. The van der Waals surface area contributed by atoms with Gasteiger partial charge < -0.3 is 24.1 Å². The van der Waals surface area contributed by atoms with Crippen LogP contribution in [0.15, 0.2) is 21.9 Å². The van der Waals surface area contributed by atoms with Gasteiger partial charge in [0.1, 0.15) is 24.9 Å². The van der Waals surface area contributed by atoms with Crippen molar-refractivity contribution in [3.05, 3.63) is 33.1 Å². The summed E-state index contributed by atoms with van der Waals surface area (Å²) < 4.78 is 51.2. The molecular weight excluding hydrogens is 491 g/mol. The smallest absolute Gasteiger partial charge is 0.462 e. The maximum atomic E-state index is 13.3. The Hall–Kier alpha value is -1.90. The summed E-state index contributed by atoms with van der Waals surface area (Å²) in [5.41, 5.74) is -2.33. The lowest BCUT2D eigenvalue weighted by Crippen LogP contribution is -2.39. The van der Waals surface area contributed by atoms with Gasteiger partial charge in [0.15, 0.2) is 6.23 Å². The van der Waals surface area contributed by atoms with Gasteiger partial charge in [0, 0.05) is 26.5 Å². The number of phosphoric acid groups is 1. The van der Waals surface area contributed by atoms with Crippen LogP contribution in [0.4, 0.5) is 0 Å². The molecule has 0 aliphatic carbocycles. The molecule has 0 amide bonds. The summed E-state index contributed by atoms with van der Waals surface area (Å²) >= 11 is 0. The van der Waals surface area contributed by atoms with E-state index in [1.807, 2.05) is 0 Å². The predicted molar refractivity (Wildman–Crippen MR) is 120 cm³/mol. The van der Waals surface area contributed by atoms with E-state index in [-0.39, 0.29) is 26.4 Å². The molecule has 0 saturated carbocycles. The number of aliphatic hydroxyl groups excluding tert-OH is 1. The number of ether oxygens (including phenoxy) is 4. The molecule has 0 radical (unpaired) electrons. The number of aliphatic hydroxyl groups is 1. The fourth-order valence-electron chi connectivity index (χ4n) is 2.93. The topological polar surface area (TPSA) is 174 Å². The van der Waals surface area contributed by atoms with Crippen molar-refractivity contribution in [1.82, 2.24) is 9.55 Å². The summed E-state index contributed by atoms with van der Waals surface area (Å²) in [7, 11) is -1.47. The molecule has 0 aromatic carbocycles. The number of hydrogen-bond acceptors (Lipinski definition) is 12. The molecule has 1 aliphatic rings. The Morgan fingerprint density at radius 1 is 1.14 bits per heavy atom. The Morgan fingerprint density at radius 2 is 1.74 bits per heavy atom. The van der Waals surface area contributed by atoms with Crippen LogP contribution in [0.5, 0.6) is 0 Å². The van der Waals surface area contributed by atoms with E-state index in [1.54, 1.807) is 20.8 Å². The summed E-state index contributed by atoms with van der Waals surface area (Å²) in [5.74, 6) is -0.560. The van der Waals surface area contributed by atoms with E-state index in [2.05, 4.69) is 4.98 Å². The number of aromatic amines is 1. The number of H-pyrrole nitrogens is 1. The number of aromatic nitrogens is 2. The van der Waals surface area contributed by atoms with E-state index >= 15 is 0 Å². The molecule has 4 atom stereocenters. The number of hydrogen-bond donors (Lipinski definition) is 2. The largest absolute Gasteiger partial charge is 0.475 e. The molecule has 1 fully saturated rings. The van der Waals surface area contributed by atoms with Crippen LogP contribution in [-0.4, -0.2) is 86.2 Å². The zero-order valence-corrected chi connectivity index (χ0v) is 21.2. The van der Waals surface area contributed by atoms with Gasteiger partial charge >= 0.3 is 19.5 Å². The first kappa shape index (κ1) is 29.3. The highest BCUT2D eigenvalue weighted by Gasteiger charge is 2.50. The van der Waals surface area contributed by atoms with E-state index in [0.717, 1.165) is 16.8 Å². The van der Waals surface area contributed by atoms with Gasteiger partial charge in [0.05, 0.1) is 31.8 Å². The molecule has 0 bridgehead atoms. The molecule has 0 spiro atoms. The number of nitrogens with one attached hydrogen (secondary N) is 1. The maximum absolute atomic E-state index is 13.3. The quantitative estimate of drug-likeness (QED) is 0.204. The normalized spacial score (nSPS) is 22.9. The van der Waals surface area contributed by atoms with Crippen LogP contribution in [0.1, 0.15) is 27.0 Å². The first-order valence-electron chi connectivity index (χ1n) is 10.8. The van der Waals surface area contributed by atoms with Crippen molar-refractivity contribution in [3.8, 4) is 0 Å². The van der Waals surface area contributed by atoms with Crippen LogP contribution in [-0.2, 0) is 41.9 Å². The standard InChI is InChI=1S/C20H33N2O12P/c1-20(2,3)18(25)30-12-13-16(34-35(27,31-10-8-28-4)32-11-9-29-5)15(24)17(33-13)22-7-6-14(23)21-19(22)26/h6-7,13,15-17,24H,8-12H2,1-5H3,(H,21,23,26)/t13-,15-,16-,17-/m1/s1. The zero-order chi connectivity index (χ0) is 26.2. The molecule has 0 unspecified atom stereocenters. The average Bonchev–Trinajstić information content (AvgIpc) is 3.06. The molecule has 2 heterocycles. The van der Waals surface area contributed by atoms with Crippen molar-refractivity contribution in [2.75, 3.05) is 47.3 Å². The Kier molecular flexibility index (Phi) is 10.8. The van der Waals surface area contributed by atoms with Gasteiger partial charge in [-0.2, -0.15) is 0 Å². The number of rotatable bonds is 13. The van der Waals surface area contributed by atoms with Crippen LogP contribution in [0.25, 0.3) is 0 Å². The van der Waals surface area contributed by atoms with E-state index in [0.29, 0.717) is 0 Å². The number of carbonyl (C=O) groups is 1. The van der Waals surface area contributed by atoms with Crippen molar-refractivity contribution in [2.24, 2.45) is 5.41 Å². The molecule has 2 N–H and O–H groups in total. The summed E-state index contributed by atoms with van der Waals surface area (Å²) in [6, 6.07) is 1.06. The molecule has 2 rings (SSSR count). The third kappa shape index (κ3) is 8.33. The van der Waals surface area contributed by atoms with Crippen molar-refractivity contribution >= 4 is 13.8 Å². The number of esters is 1. The van der Waals surface area contributed by atoms with Gasteiger partial charge in [-0.3, -0.25) is 32.7 Å². The van der Waals surface area contributed by atoms with Crippen LogP contribution in [0.2, 0.25) is 0 Å². The fraction of sp³-hybridized carbons (Fsp3) is 0.750. The molecule has 200 valence electrons. The first-order valence-corrected chi connectivity index (χ1v) is 12.3. The van der Waals surface area contributed by atoms with Crippen molar-refractivity contribution < 1.29 is 47.0 Å². The maximum Gasteiger partial charge on any atom is 0.475 e. The highest BCUT2D eigenvalue weighted by atomic mass is 31.2. The zero-order valence-electron chi connectivity index (χ0n) is 20.3. The second-order valence-corrected chi connectivity index (χ2v) is 10.2. The van der Waals surface area contributed by atoms with Gasteiger partial charge in [0.2, 0.25) is 0 Å². The molecule has 1 aliphatic heterocycles. The molecule has 14 nitrogen and oxygen atoms in total. The molecule has 15 heteroatoms. The van der Waals surface area contributed by atoms with Gasteiger partial charge in [-0.25, -0.2) is 9.36 Å². The van der Waals surface area contributed by atoms with E-state index in [9.17, 15) is 24.1 Å². The SMILES string of the molecule is COCCOP(=O)(OCCOC)O[C@H]1[C@@H](O)[C@H](n2ccc(=O)[nH]c2=O)O[C@@H]1COC(=O)C(C)(C)C. The molecule has 35 heavy (non-hydrogen) atoms. The minimum absolute atomic E-state index is 0.0761. The lowest BCUT2D eigenvalue weighted by atomic mass is 9.97. The van der Waals surface area contributed by atoms with E-state index in [1.165, 1.54) is 14.2 Å². The molecule has 1 aromatic rings. The lowest BCUT2D eigenvalue weighted by molar-refractivity contribution is -0.159. The van der Waals surface area contributed by atoms with Crippen molar-refractivity contribution in [1.29, 1.82) is 0 Å². The van der Waals surface area contributed by atoms with Gasteiger partial charge in [-0.1, -0.05) is 0 Å². The predicted octanol–water partition coefficient (Wildman–Crippen LogP) is 0.204. The fourth-order valence-corrected chi connectivity index (χ4v) is 4.28. The van der Waals surface area contributed by atoms with Crippen molar-refractivity contribution in [2.45, 2.75) is 45.3 Å². The minimum Gasteiger partial charge on any atom is -0.462 e. The summed E-state index contributed by atoms with van der Waals surface area (Å²) in [6.45, 7) is 4.39. The van der Waals surface area contributed by atoms with Crippen LogP contribution >= 0.6 is 7.82 Å². The Balaban J connectivity index is 2.32. The minimum atomic E-state index is -4.31. The Labute approximate surface area is 202 Å². The van der Waals surface area contributed by atoms with Gasteiger partial charge in [-0.05, 0) is 20.8 Å². The third-order valence-corrected chi connectivity index (χ3v) is 6.25. The third-order valence-electron chi connectivity index (χ3n) is 4.75. The number of methoxy groups -OCH3 is 2. The van der Waals surface area contributed by atoms with Crippen LogP contribution in [0, 0.1) is 5.41 Å². The van der Waals surface area contributed by atoms with Crippen LogP contribution in [0.3, 0.4) is 0 Å². The summed E-state index contributed by atoms with van der Waals surface area (Å²) in [4.78, 5) is 38.0. The second-order valence-electron chi connectivity index (χ2n) is 8.59. The van der Waals surface area contributed by atoms with Crippen molar-refractivity contribution in [3.63, 3.8) is 0 Å². The Morgan fingerprint density at radius 3 is 2.26 bits per heavy atom. The second kappa shape index (κ2) is 12.9. The highest BCUT2D eigenvalue weighted by molar-refractivity contribution is 7.48. The van der Waals surface area contributed by atoms with E-state index in [4.69, 9.17) is 32.5 Å². The summed E-state index contributed by atoms with van der Waals surface area (Å²) in [6.07, 6.45) is -4.43. The van der Waals surface area contributed by atoms with Gasteiger partial charge in [-0.15, -0.1) is 0 Å². The van der Waals surface area contributed by atoms with E-state index < -0.39 is 61.6 Å². The summed E-state index contributed by atoms with van der Waals surface area (Å²) in [5, 5.41) is 11.0. The number of phosphoric ester groups is 1. The molecular formula is C20H33N2O12P. The monoisotopic (exact) mass is 524 g/mol. The average molecular weight is 524 g/mol. The van der Waals surface area contributed by atoms with Crippen LogP contribution < -0.4 is 11.2 Å². The van der Waals surface area contributed by atoms with Gasteiger partial charge in [0.25, 0.3) is 5.56 Å². The highest BCUT2D eigenvalue weighted by Crippen LogP contribution is 2.53. The molecule has 1 saturated heterocycles. The molecule has 1 aromatic heterocycles. The first-order chi connectivity index (χ1) is 16.4. The number of nitrogens with zero attached hydrogens (tertiary/aromatic N) is 1.